The molecule has 0 fully saturated rings. The minimum Gasteiger partial charge on any atom is -0.339 e. The van der Waals surface area contributed by atoms with E-state index in [-0.39, 0.29) is 23.2 Å². The van der Waals surface area contributed by atoms with Crippen molar-refractivity contribution in [2.45, 2.75) is 39.7 Å². The van der Waals surface area contributed by atoms with E-state index in [0.717, 1.165) is 0 Å². The van der Waals surface area contributed by atoms with Crippen molar-refractivity contribution in [3.8, 4) is 0 Å². The van der Waals surface area contributed by atoms with Gasteiger partial charge in [-0.15, -0.1) is 0 Å². The van der Waals surface area contributed by atoms with Gasteiger partial charge in [-0.1, -0.05) is 31.1 Å². The lowest BCUT2D eigenvalue weighted by molar-refractivity contribution is 0.318. The molecule has 3 rings (SSSR count). The molecule has 0 N–H and O–H groups in total. The van der Waals surface area contributed by atoms with Crippen LogP contribution >= 0.6 is 0 Å². The predicted molar refractivity (Wildman–Crippen MR) is 72.9 cm³/mol. The van der Waals surface area contributed by atoms with Gasteiger partial charge in [0.1, 0.15) is 11.7 Å². The summed E-state index contributed by atoms with van der Waals surface area (Å²) < 4.78 is 11.6. The van der Waals surface area contributed by atoms with Crippen molar-refractivity contribution < 1.29 is 9.05 Å². The Labute approximate surface area is 119 Å². The maximum atomic E-state index is 12.4. The van der Waals surface area contributed by atoms with E-state index in [1.807, 2.05) is 20.8 Å². The molecule has 8 nitrogen and oxygen atoms in total. The second kappa shape index (κ2) is 4.51. The van der Waals surface area contributed by atoms with Crippen LogP contribution < -0.4 is 5.56 Å². The van der Waals surface area contributed by atoms with Gasteiger partial charge in [-0.2, -0.15) is 4.98 Å². The van der Waals surface area contributed by atoms with Gasteiger partial charge in [-0.05, 0) is 6.92 Å². The molecular formula is C13H15N5O3. The first kappa shape index (κ1) is 13.5. The van der Waals surface area contributed by atoms with E-state index in [1.54, 1.807) is 6.92 Å². The van der Waals surface area contributed by atoms with E-state index in [1.165, 1.54) is 10.9 Å². The Morgan fingerprint density at radius 2 is 2.00 bits per heavy atom. The third kappa shape index (κ3) is 2.32. The number of nitrogens with zero attached hydrogens (tertiary/aromatic N) is 5. The quantitative estimate of drug-likeness (QED) is 0.703. The zero-order valence-electron chi connectivity index (χ0n) is 12.2. The molecule has 0 bridgehead atoms. The van der Waals surface area contributed by atoms with Crippen LogP contribution in [0.15, 0.2) is 20.2 Å². The molecule has 3 aromatic rings. The third-order valence-corrected chi connectivity index (χ3v) is 3.06. The second-order valence-corrected chi connectivity index (χ2v) is 5.89. The molecule has 0 saturated carbocycles. The first-order valence-corrected chi connectivity index (χ1v) is 6.51. The molecule has 3 aromatic heterocycles. The fraction of sp³-hybridized carbons (Fsp3) is 0.462. The summed E-state index contributed by atoms with van der Waals surface area (Å²) in [5.41, 5.74) is 0.280. The normalized spacial score (nSPS) is 12.2. The van der Waals surface area contributed by atoms with Gasteiger partial charge >= 0.3 is 0 Å². The molecule has 0 atom stereocenters. The summed E-state index contributed by atoms with van der Waals surface area (Å²) in [5, 5.41) is 8.01. The van der Waals surface area contributed by atoms with Crippen LogP contribution in [0.1, 0.15) is 38.2 Å². The average molecular weight is 289 g/mol. The van der Waals surface area contributed by atoms with Gasteiger partial charge in [-0.25, -0.2) is 4.98 Å². The van der Waals surface area contributed by atoms with Crippen LogP contribution in [0.3, 0.4) is 0 Å². The molecule has 0 aliphatic rings. The number of hydrogen-bond donors (Lipinski definition) is 0. The smallest absolute Gasteiger partial charge is 0.267 e. The zero-order chi connectivity index (χ0) is 15.2. The number of fused-ring (bicyclic) bond motifs is 1. The standard InChI is InChI=1S/C13H15N5O3/c1-7-9-10(20-16-7)14-6-18(11(9)19)5-8-15-12(21-17-8)13(2,3)4/h6H,5H2,1-4H3. The monoisotopic (exact) mass is 289 g/mol. The topological polar surface area (TPSA) is 99.8 Å². The molecule has 0 aliphatic heterocycles. The molecule has 0 spiro atoms. The van der Waals surface area contributed by atoms with Crippen molar-refractivity contribution in [1.29, 1.82) is 0 Å². The third-order valence-electron chi connectivity index (χ3n) is 3.06. The van der Waals surface area contributed by atoms with Crippen molar-refractivity contribution in [3.63, 3.8) is 0 Å². The molecule has 8 heteroatoms. The summed E-state index contributed by atoms with van der Waals surface area (Å²) in [5.74, 6) is 0.957. The number of aryl methyl sites for hydroxylation is 1. The van der Waals surface area contributed by atoms with Crippen molar-refractivity contribution in [1.82, 2.24) is 24.8 Å². The maximum absolute atomic E-state index is 12.4. The van der Waals surface area contributed by atoms with Crippen molar-refractivity contribution in [2.75, 3.05) is 0 Å². The molecule has 21 heavy (non-hydrogen) atoms. The highest BCUT2D eigenvalue weighted by molar-refractivity contribution is 5.73. The average Bonchev–Trinajstić information content (AvgIpc) is 3.00. The minimum absolute atomic E-state index is 0.186. The van der Waals surface area contributed by atoms with Gasteiger partial charge in [0.15, 0.2) is 5.82 Å². The molecule has 3 heterocycles. The van der Waals surface area contributed by atoms with Gasteiger partial charge < -0.3 is 9.05 Å². The SMILES string of the molecule is Cc1noc2ncn(Cc3noc(C(C)(C)C)n3)c(=O)c12. The van der Waals surface area contributed by atoms with Gasteiger partial charge in [0.25, 0.3) is 11.3 Å². The molecule has 0 unspecified atom stereocenters. The number of hydrogen-bond acceptors (Lipinski definition) is 7. The van der Waals surface area contributed by atoms with E-state index < -0.39 is 0 Å². The largest absolute Gasteiger partial charge is 0.339 e. The number of rotatable bonds is 2. The molecule has 0 aromatic carbocycles. The Bertz CT molecular complexity index is 853. The highest BCUT2D eigenvalue weighted by Gasteiger charge is 2.22. The van der Waals surface area contributed by atoms with Crippen molar-refractivity contribution in [3.05, 3.63) is 34.1 Å². The Balaban J connectivity index is 1.99. The summed E-state index contributed by atoms with van der Waals surface area (Å²) >= 11 is 0. The van der Waals surface area contributed by atoms with Crippen molar-refractivity contribution in [2.24, 2.45) is 0 Å². The summed E-state index contributed by atoms with van der Waals surface area (Å²) in [6.45, 7) is 7.82. The Kier molecular flexibility index (Phi) is 2.89. The fourth-order valence-corrected chi connectivity index (χ4v) is 1.90. The Morgan fingerprint density at radius 1 is 1.24 bits per heavy atom. The molecule has 0 aliphatic carbocycles. The van der Waals surface area contributed by atoms with Crippen LogP contribution in [0, 0.1) is 6.92 Å². The first-order valence-electron chi connectivity index (χ1n) is 6.51. The predicted octanol–water partition coefficient (Wildman–Crippen LogP) is 1.42. The van der Waals surface area contributed by atoms with E-state index >= 15 is 0 Å². The van der Waals surface area contributed by atoms with E-state index in [9.17, 15) is 4.79 Å². The minimum atomic E-state index is -0.235. The van der Waals surface area contributed by atoms with Gasteiger partial charge in [0.05, 0.1) is 12.2 Å². The molecule has 0 amide bonds. The summed E-state index contributed by atoms with van der Waals surface area (Å²) in [6, 6.07) is 0. The van der Waals surface area contributed by atoms with E-state index in [4.69, 9.17) is 9.05 Å². The fourth-order valence-electron chi connectivity index (χ4n) is 1.90. The number of aromatic nitrogens is 5. The van der Waals surface area contributed by atoms with Crippen LogP contribution in [0.5, 0.6) is 0 Å². The maximum Gasteiger partial charge on any atom is 0.267 e. The summed E-state index contributed by atoms with van der Waals surface area (Å²) in [6.07, 6.45) is 1.39. The Morgan fingerprint density at radius 3 is 2.67 bits per heavy atom. The lowest BCUT2D eigenvalue weighted by Gasteiger charge is -2.10. The highest BCUT2D eigenvalue weighted by atomic mass is 16.5. The zero-order valence-corrected chi connectivity index (χ0v) is 12.2. The Hall–Kier alpha value is -2.51. The van der Waals surface area contributed by atoms with Crippen LogP contribution in [0.4, 0.5) is 0 Å². The molecule has 110 valence electrons. The summed E-state index contributed by atoms with van der Waals surface area (Å²) in [7, 11) is 0. The van der Waals surface area contributed by atoms with Crippen molar-refractivity contribution >= 4 is 11.1 Å². The van der Waals surface area contributed by atoms with E-state index in [2.05, 4.69) is 20.3 Å². The second-order valence-electron chi connectivity index (χ2n) is 5.89. The van der Waals surface area contributed by atoms with Gasteiger partial charge in [-0.3, -0.25) is 9.36 Å². The lowest BCUT2D eigenvalue weighted by Crippen LogP contribution is -2.21. The molecule has 0 saturated heterocycles. The first-order chi connectivity index (χ1) is 9.86. The molecular weight excluding hydrogens is 274 g/mol. The molecule has 0 radical (unpaired) electrons. The van der Waals surface area contributed by atoms with E-state index in [0.29, 0.717) is 22.8 Å². The van der Waals surface area contributed by atoms with Crippen LogP contribution in [-0.2, 0) is 12.0 Å². The van der Waals surface area contributed by atoms with Crippen LogP contribution in [-0.4, -0.2) is 24.8 Å². The van der Waals surface area contributed by atoms with Crippen LogP contribution in [0.25, 0.3) is 11.1 Å². The summed E-state index contributed by atoms with van der Waals surface area (Å²) in [4.78, 5) is 20.7. The van der Waals surface area contributed by atoms with Gasteiger partial charge in [0, 0.05) is 5.41 Å². The van der Waals surface area contributed by atoms with Gasteiger partial charge in [0.2, 0.25) is 5.89 Å². The van der Waals surface area contributed by atoms with Crippen LogP contribution in [0.2, 0.25) is 0 Å². The lowest BCUT2D eigenvalue weighted by atomic mass is 9.97. The highest BCUT2D eigenvalue weighted by Crippen LogP contribution is 2.19.